The van der Waals surface area contributed by atoms with E-state index in [9.17, 15) is 9.59 Å². The molecular formula is C11H20N2O4S. The van der Waals surface area contributed by atoms with Gasteiger partial charge in [-0.15, -0.1) is 0 Å². The van der Waals surface area contributed by atoms with Crippen molar-refractivity contribution in [2.45, 2.75) is 43.1 Å². The maximum atomic E-state index is 11.5. The molecule has 7 heteroatoms. The first kappa shape index (κ1) is 15.1. The molecule has 1 atom stereocenters. The van der Waals surface area contributed by atoms with Crippen LogP contribution in [0.2, 0.25) is 0 Å². The third-order valence-electron chi connectivity index (χ3n) is 3.08. The zero-order valence-corrected chi connectivity index (χ0v) is 11.2. The SMILES string of the molecule is CSC1CCC(NC(=O)NCC(O)C(=O)O)CC1. The maximum Gasteiger partial charge on any atom is 0.334 e. The molecule has 0 radical (unpaired) electrons. The largest absolute Gasteiger partial charge is 0.479 e. The number of aliphatic carboxylic acids is 1. The quantitative estimate of drug-likeness (QED) is 0.583. The molecular weight excluding hydrogens is 256 g/mol. The Balaban J connectivity index is 2.19. The van der Waals surface area contributed by atoms with Crippen LogP contribution in [-0.2, 0) is 4.79 Å². The number of amides is 2. The Morgan fingerprint density at radius 1 is 1.33 bits per heavy atom. The van der Waals surface area contributed by atoms with Crippen LogP contribution in [0.1, 0.15) is 25.7 Å². The van der Waals surface area contributed by atoms with Crippen molar-refractivity contribution in [3.8, 4) is 0 Å². The number of aliphatic hydroxyl groups excluding tert-OH is 1. The van der Waals surface area contributed by atoms with Gasteiger partial charge in [0, 0.05) is 11.3 Å². The van der Waals surface area contributed by atoms with Crippen LogP contribution < -0.4 is 10.6 Å². The number of carbonyl (C=O) groups is 2. The van der Waals surface area contributed by atoms with E-state index in [1.165, 1.54) is 0 Å². The van der Waals surface area contributed by atoms with Crippen LogP contribution in [0.4, 0.5) is 4.79 Å². The number of carbonyl (C=O) groups excluding carboxylic acids is 1. The van der Waals surface area contributed by atoms with E-state index >= 15 is 0 Å². The standard InChI is InChI=1S/C11H20N2O4S/c1-18-8-4-2-7(3-5-8)13-11(17)12-6-9(14)10(15)16/h7-9,14H,2-6H2,1H3,(H,15,16)(H2,12,13,17). The molecule has 1 saturated carbocycles. The third kappa shape index (κ3) is 5.14. The van der Waals surface area contributed by atoms with Gasteiger partial charge in [-0.25, -0.2) is 9.59 Å². The second-order valence-electron chi connectivity index (χ2n) is 4.42. The Morgan fingerprint density at radius 2 is 1.94 bits per heavy atom. The summed E-state index contributed by atoms with van der Waals surface area (Å²) in [5.41, 5.74) is 0. The number of carboxylic acid groups (broad SMARTS) is 1. The zero-order valence-electron chi connectivity index (χ0n) is 10.4. The molecule has 104 valence electrons. The number of thioether (sulfide) groups is 1. The molecule has 0 spiro atoms. The lowest BCUT2D eigenvalue weighted by molar-refractivity contribution is -0.146. The zero-order chi connectivity index (χ0) is 13.5. The molecule has 18 heavy (non-hydrogen) atoms. The van der Waals surface area contributed by atoms with Gasteiger partial charge in [0.1, 0.15) is 0 Å². The number of hydrogen-bond donors (Lipinski definition) is 4. The molecule has 0 bridgehead atoms. The molecule has 0 aromatic carbocycles. The molecule has 1 rings (SSSR count). The Hall–Kier alpha value is -0.950. The molecule has 1 fully saturated rings. The van der Waals surface area contributed by atoms with Crippen molar-refractivity contribution in [2.24, 2.45) is 0 Å². The summed E-state index contributed by atoms with van der Waals surface area (Å²) < 4.78 is 0. The van der Waals surface area contributed by atoms with Crippen molar-refractivity contribution in [2.75, 3.05) is 12.8 Å². The van der Waals surface area contributed by atoms with Gasteiger partial charge in [0.15, 0.2) is 6.10 Å². The van der Waals surface area contributed by atoms with E-state index in [-0.39, 0.29) is 12.6 Å². The third-order valence-corrected chi connectivity index (χ3v) is 4.22. The molecule has 0 saturated heterocycles. The van der Waals surface area contributed by atoms with E-state index < -0.39 is 18.1 Å². The second kappa shape index (κ2) is 7.48. The van der Waals surface area contributed by atoms with Gasteiger partial charge in [-0.05, 0) is 31.9 Å². The number of nitrogens with one attached hydrogen (secondary N) is 2. The summed E-state index contributed by atoms with van der Waals surface area (Å²) in [6.07, 6.45) is 4.61. The van der Waals surface area contributed by atoms with Crippen LogP contribution >= 0.6 is 11.8 Å². The first-order valence-electron chi connectivity index (χ1n) is 6.01. The van der Waals surface area contributed by atoms with E-state index in [0.717, 1.165) is 25.7 Å². The molecule has 4 N–H and O–H groups in total. The first-order valence-corrected chi connectivity index (χ1v) is 7.29. The van der Waals surface area contributed by atoms with E-state index in [1.54, 1.807) is 0 Å². The highest BCUT2D eigenvalue weighted by atomic mass is 32.2. The van der Waals surface area contributed by atoms with E-state index in [0.29, 0.717) is 5.25 Å². The molecule has 1 aliphatic carbocycles. The molecule has 0 aromatic rings. The number of urea groups is 1. The summed E-state index contributed by atoms with van der Waals surface area (Å²) in [6.45, 7) is -0.276. The Morgan fingerprint density at radius 3 is 2.44 bits per heavy atom. The molecule has 0 heterocycles. The van der Waals surface area contributed by atoms with Crippen molar-refractivity contribution in [3.05, 3.63) is 0 Å². The van der Waals surface area contributed by atoms with Gasteiger partial charge in [0.05, 0.1) is 6.54 Å². The first-order chi connectivity index (χ1) is 8.52. The van der Waals surface area contributed by atoms with Crippen molar-refractivity contribution in [1.82, 2.24) is 10.6 Å². The summed E-state index contributed by atoms with van der Waals surface area (Å²) >= 11 is 1.86. The predicted octanol–water partition coefficient (Wildman–Crippen LogP) is 0.405. The molecule has 2 amide bonds. The molecule has 1 aliphatic rings. The lowest BCUT2D eigenvalue weighted by atomic mass is 9.95. The number of aliphatic hydroxyl groups is 1. The monoisotopic (exact) mass is 276 g/mol. The average Bonchev–Trinajstić information content (AvgIpc) is 2.36. The topological polar surface area (TPSA) is 98.7 Å². The average molecular weight is 276 g/mol. The minimum absolute atomic E-state index is 0.148. The van der Waals surface area contributed by atoms with Gasteiger partial charge in [-0.1, -0.05) is 0 Å². The van der Waals surface area contributed by atoms with Crippen molar-refractivity contribution >= 4 is 23.8 Å². The van der Waals surface area contributed by atoms with Crippen LogP contribution in [0.25, 0.3) is 0 Å². The van der Waals surface area contributed by atoms with Crippen LogP contribution in [0, 0.1) is 0 Å². The fourth-order valence-electron chi connectivity index (χ4n) is 1.96. The van der Waals surface area contributed by atoms with E-state index in [1.807, 2.05) is 11.8 Å². The van der Waals surface area contributed by atoms with Gasteiger partial charge in [0.2, 0.25) is 0 Å². The number of rotatable bonds is 5. The molecule has 0 aromatic heterocycles. The van der Waals surface area contributed by atoms with Crippen LogP contribution in [-0.4, -0.2) is 52.4 Å². The normalized spacial score (nSPS) is 25.2. The van der Waals surface area contributed by atoms with Crippen LogP contribution in [0.15, 0.2) is 0 Å². The highest BCUT2D eigenvalue weighted by molar-refractivity contribution is 7.99. The maximum absolute atomic E-state index is 11.5. The predicted molar refractivity (Wildman–Crippen MR) is 69.7 cm³/mol. The summed E-state index contributed by atoms with van der Waals surface area (Å²) in [6, 6.07) is -0.265. The lowest BCUT2D eigenvalue weighted by Gasteiger charge is -2.28. The molecule has 1 unspecified atom stereocenters. The summed E-state index contributed by atoms with van der Waals surface area (Å²) in [5, 5.41) is 23.3. The summed E-state index contributed by atoms with van der Waals surface area (Å²) in [5.74, 6) is -1.34. The van der Waals surface area contributed by atoms with Crippen LogP contribution in [0.5, 0.6) is 0 Å². The number of hydrogen-bond acceptors (Lipinski definition) is 4. The van der Waals surface area contributed by atoms with Gasteiger partial charge < -0.3 is 20.8 Å². The van der Waals surface area contributed by atoms with Crippen molar-refractivity contribution in [3.63, 3.8) is 0 Å². The summed E-state index contributed by atoms with van der Waals surface area (Å²) in [7, 11) is 0. The molecule has 0 aliphatic heterocycles. The lowest BCUT2D eigenvalue weighted by Crippen LogP contribution is -2.46. The highest BCUT2D eigenvalue weighted by Crippen LogP contribution is 2.26. The fourth-order valence-corrected chi connectivity index (χ4v) is 2.70. The summed E-state index contributed by atoms with van der Waals surface area (Å²) in [4.78, 5) is 21.8. The number of carboxylic acids is 1. The minimum atomic E-state index is -1.55. The highest BCUT2D eigenvalue weighted by Gasteiger charge is 2.22. The van der Waals surface area contributed by atoms with Gasteiger partial charge in [-0.2, -0.15) is 11.8 Å². The van der Waals surface area contributed by atoms with Gasteiger partial charge in [0.25, 0.3) is 0 Å². The Bertz CT molecular complexity index is 293. The minimum Gasteiger partial charge on any atom is -0.479 e. The second-order valence-corrected chi connectivity index (χ2v) is 5.56. The smallest absolute Gasteiger partial charge is 0.334 e. The Labute approximate surface area is 111 Å². The van der Waals surface area contributed by atoms with Crippen molar-refractivity contribution in [1.29, 1.82) is 0 Å². The van der Waals surface area contributed by atoms with Crippen molar-refractivity contribution < 1.29 is 19.8 Å². The Kier molecular flexibility index (Phi) is 6.28. The molecule has 6 nitrogen and oxygen atoms in total. The van der Waals surface area contributed by atoms with E-state index in [2.05, 4.69) is 16.9 Å². The van der Waals surface area contributed by atoms with Gasteiger partial charge >= 0.3 is 12.0 Å². The van der Waals surface area contributed by atoms with Gasteiger partial charge in [-0.3, -0.25) is 0 Å². The van der Waals surface area contributed by atoms with Crippen LogP contribution in [0.3, 0.4) is 0 Å². The van der Waals surface area contributed by atoms with E-state index in [4.69, 9.17) is 10.2 Å². The fraction of sp³-hybridized carbons (Fsp3) is 0.818.